The van der Waals surface area contributed by atoms with Crippen molar-refractivity contribution in [2.24, 2.45) is 5.92 Å². The van der Waals surface area contributed by atoms with Gasteiger partial charge in [-0.3, -0.25) is 4.79 Å². The Hall–Kier alpha value is -1.10. The number of rotatable bonds is 5. The molecule has 0 bridgehead atoms. The van der Waals surface area contributed by atoms with Crippen molar-refractivity contribution in [2.45, 2.75) is 32.4 Å². The Morgan fingerprint density at radius 3 is 2.71 bits per heavy atom. The highest BCUT2D eigenvalue weighted by Crippen LogP contribution is 2.20. The van der Waals surface area contributed by atoms with Crippen LogP contribution < -0.4 is 5.32 Å². The summed E-state index contributed by atoms with van der Waals surface area (Å²) in [4.78, 5) is 14.4. The summed E-state index contributed by atoms with van der Waals surface area (Å²) in [7, 11) is 0. The summed E-state index contributed by atoms with van der Waals surface area (Å²) >= 11 is 0. The highest BCUT2D eigenvalue weighted by Gasteiger charge is 2.28. The average Bonchev–Trinajstić information content (AvgIpc) is 2.47. The Bertz CT molecular complexity index is 428. The summed E-state index contributed by atoms with van der Waals surface area (Å²) in [6, 6.07) is 10.3. The van der Waals surface area contributed by atoms with Crippen LogP contribution in [-0.2, 0) is 11.3 Å². The van der Waals surface area contributed by atoms with Crippen molar-refractivity contribution in [2.75, 3.05) is 19.7 Å². The van der Waals surface area contributed by atoms with Gasteiger partial charge in [0.1, 0.15) is 0 Å². The second-order valence-electron chi connectivity index (χ2n) is 5.55. The lowest BCUT2D eigenvalue weighted by Gasteiger charge is -2.32. The Labute approximate surface area is 132 Å². The lowest BCUT2D eigenvalue weighted by atomic mass is 9.92. The molecule has 2 N–H and O–H groups in total. The van der Waals surface area contributed by atoms with Gasteiger partial charge in [0.2, 0.25) is 5.91 Å². The van der Waals surface area contributed by atoms with Crippen molar-refractivity contribution in [1.82, 2.24) is 10.2 Å². The molecule has 0 spiro atoms. The molecule has 1 aliphatic rings. The van der Waals surface area contributed by atoms with E-state index >= 15 is 0 Å². The number of piperidine rings is 1. The zero-order chi connectivity index (χ0) is 14.4. The molecule has 5 heteroatoms. The van der Waals surface area contributed by atoms with Crippen LogP contribution in [0.2, 0.25) is 0 Å². The van der Waals surface area contributed by atoms with Crippen LogP contribution >= 0.6 is 12.4 Å². The first kappa shape index (κ1) is 18.0. The van der Waals surface area contributed by atoms with E-state index in [2.05, 4.69) is 12.2 Å². The smallest absolute Gasteiger partial charge is 0.226 e. The Morgan fingerprint density at radius 1 is 1.38 bits per heavy atom. The van der Waals surface area contributed by atoms with Crippen molar-refractivity contribution < 1.29 is 9.90 Å². The quantitative estimate of drug-likeness (QED) is 0.872. The fraction of sp³-hybridized carbons (Fsp3) is 0.562. The maximum Gasteiger partial charge on any atom is 0.226 e. The average molecular weight is 313 g/mol. The Balaban J connectivity index is 0.00000220. The third-order valence-electron chi connectivity index (χ3n) is 3.87. The van der Waals surface area contributed by atoms with Gasteiger partial charge in [-0.25, -0.2) is 0 Å². The van der Waals surface area contributed by atoms with Crippen molar-refractivity contribution >= 4 is 18.3 Å². The van der Waals surface area contributed by atoms with Crippen LogP contribution in [0.15, 0.2) is 30.3 Å². The van der Waals surface area contributed by atoms with Gasteiger partial charge in [0.25, 0.3) is 0 Å². The van der Waals surface area contributed by atoms with Crippen LogP contribution in [0.1, 0.15) is 25.3 Å². The third-order valence-corrected chi connectivity index (χ3v) is 3.87. The zero-order valence-corrected chi connectivity index (χ0v) is 13.3. The molecule has 0 aliphatic carbocycles. The first-order valence-corrected chi connectivity index (χ1v) is 7.37. The maximum absolute atomic E-state index is 12.6. The molecule has 2 atom stereocenters. The second-order valence-corrected chi connectivity index (χ2v) is 5.55. The molecular weight excluding hydrogens is 288 g/mol. The molecule has 1 aromatic rings. The number of nitrogens with zero attached hydrogens (tertiary/aromatic N) is 1. The number of carbonyl (C=O) groups excluding carboxylic acids is 1. The van der Waals surface area contributed by atoms with Gasteiger partial charge in [-0.1, -0.05) is 30.3 Å². The molecular formula is C16H25ClN2O2. The highest BCUT2D eigenvalue weighted by molar-refractivity contribution is 5.85. The van der Waals surface area contributed by atoms with Gasteiger partial charge < -0.3 is 15.3 Å². The van der Waals surface area contributed by atoms with E-state index in [0.29, 0.717) is 19.1 Å². The van der Waals surface area contributed by atoms with E-state index in [0.717, 1.165) is 24.9 Å². The number of nitrogens with one attached hydrogen (secondary N) is 1. The molecule has 1 saturated heterocycles. The van der Waals surface area contributed by atoms with Gasteiger partial charge in [0, 0.05) is 25.0 Å². The molecule has 21 heavy (non-hydrogen) atoms. The predicted octanol–water partition coefficient (Wildman–Crippen LogP) is 1.82. The van der Waals surface area contributed by atoms with Crippen LogP contribution in [-0.4, -0.2) is 41.7 Å². The van der Waals surface area contributed by atoms with Crippen LogP contribution in [0.3, 0.4) is 0 Å². The fourth-order valence-corrected chi connectivity index (χ4v) is 2.81. The Morgan fingerprint density at radius 2 is 2.10 bits per heavy atom. The minimum Gasteiger partial charge on any atom is -0.395 e. The summed E-state index contributed by atoms with van der Waals surface area (Å²) in [5.74, 6) is 0.262. The van der Waals surface area contributed by atoms with Crippen LogP contribution in [0.25, 0.3) is 0 Å². The maximum atomic E-state index is 12.6. The minimum absolute atomic E-state index is 0. The third kappa shape index (κ3) is 5.30. The number of hydrogen-bond donors (Lipinski definition) is 2. The number of hydrogen-bond acceptors (Lipinski definition) is 3. The molecule has 0 aromatic heterocycles. The summed E-state index contributed by atoms with van der Waals surface area (Å²) in [6.45, 7) is 4.02. The summed E-state index contributed by atoms with van der Waals surface area (Å²) in [5.41, 5.74) is 1.11. The number of benzene rings is 1. The van der Waals surface area contributed by atoms with Crippen molar-refractivity contribution in [3.63, 3.8) is 0 Å². The molecule has 1 fully saturated rings. The molecule has 2 rings (SSSR count). The molecule has 1 aromatic carbocycles. The zero-order valence-electron chi connectivity index (χ0n) is 12.5. The number of aliphatic hydroxyl groups is 1. The van der Waals surface area contributed by atoms with Crippen LogP contribution in [0, 0.1) is 5.92 Å². The molecule has 0 radical (unpaired) electrons. The molecule has 0 saturated carbocycles. The van der Waals surface area contributed by atoms with E-state index in [1.165, 1.54) is 0 Å². The molecule has 118 valence electrons. The number of carbonyl (C=O) groups is 1. The monoisotopic (exact) mass is 312 g/mol. The normalized spacial score (nSPS) is 21.4. The summed E-state index contributed by atoms with van der Waals surface area (Å²) in [5, 5.41) is 12.6. The largest absolute Gasteiger partial charge is 0.395 e. The highest BCUT2D eigenvalue weighted by atomic mass is 35.5. The second kappa shape index (κ2) is 9.03. The van der Waals surface area contributed by atoms with Crippen LogP contribution in [0.4, 0.5) is 0 Å². The van der Waals surface area contributed by atoms with Crippen molar-refractivity contribution in [3.8, 4) is 0 Å². The van der Waals surface area contributed by atoms with E-state index in [4.69, 9.17) is 0 Å². The van der Waals surface area contributed by atoms with Crippen molar-refractivity contribution in [1.29, 1.82) is 0 Å². The predicted molar refractivity (Wildman–Crippen MR) is 86.4 cm³/mol. The van der Waals surface area contributed by atoms with E-state index in [1.807, 2.05) is 30.3 Å². The van der Waals surface area contributed by atoms with E-state index in [-0.39, 0.29) is 30.8 Å². The molecule has 4 nitrogen and oxygen atoms in total. The van der Waals surface area contributed by atoms with Gasteiger partial charge in [0.05, 0.1) is 6.61 Å². The van der Waals surface area contributed by atoms with E-state index in [1.54, 1.807) is 4.90 Å². The summed E-state index contributed by atoms with van der Waals surface area (Å²) < 4.78 is 0. The van der Waals surface area contributed by atoms with E-state index < -0.39 is 0 Å². The topological polar surface area (TPSA) is 52.6 Å². The standard InChI is InChI=1S/C16H24N2O2.ClH/c1-13-11-15(7-8-17-13)16(20)18(9-10-19)12-14-5-3-2-4-6-14;/h2-6,13,15,17,19H,7-12H2,1H3;1H/t13-,15-;/m0./s1. The number of halogens is 1. The molecule has 1 amide bonds. The number of amides is 1. The lowest BCUT2D eigenvalue weighted by Crippen LogP contribution is -2.44. The number of aliphatic hydroxyl groups excluding tert-OH is 1. The van der Waals surface area contributed by atoms with Gasteiger partial charge in [-0.15, -0.1) is 12.4 Å². The summed E-state index contributed by atoms with van der Waals surface area (Å²) in [6.07, 6.45) is 1.77. The molecule has 1 heterocycles. The van der Waals surface area contributed by atoms with E-state index in [9.17, 15) is 9.90 Å². The first-order valence-electron chi connectivity index (χ1n) is 7.37. The SMILES string of the molecule is C[C@H]1C[C@@H](C(=O)N(CCO)Cc2ccccc2)CCN1.Cl. The van der Waals surface area contributed by atoms with Gasteiger partial charge in [0.15, 0.2) is 0 Å². The van der Waals surface area contributed by atoms with Gasteiger partial charge in [-0.2, -0.15) is 0 Å². The lowest BCUT2D eigenvalue weighted by molar-refractivity contribution is -0.137. The van der Waals surface area contributed by atoms with Gasteiger partial charge in [-0.05, 0) is 31.9 Å². The van der Waals surface area contributed by atoms with Gasteiger partial charge >= 0.3 is 0 Å². The molecule has 1 aliphatic heterocycles. The minimum atomic E-state index is 0. The Kier molecular flexibility index (Phi) is 7.72. The van der Waals surface area contributed by atoms with Crippen LogP contribution in [0.5, 0.6) is 0 Å². The van der Waals surface area contributed by atoms with Crippen molar-refractivity contribution in [3.05, 3.63) is 35.9 Å². The fourth-order valence-electron chi connectivity index (χ4n) is 2.81. The molecule has 0 unspecified atom stereocenters. The first-order chi connectivity index (χ1) is 9.70.